The first-order chi connectivity index (χ1) is 9.38. The third-order valence-corrected chi connectivity index (χ3v) is 5.23. The van der Waals surface area contributed by atoms with Gasteiger partial charge in [0.2, 0.25) is 0 Å². The van der Waals surface area contributed by atoms with E-state index in [-0.39, 0.29) is 0 Å². The van der Waals surface area contributed by atoms with Gasteiger partial charge in [-0.05, 0) is 51.1 Å². The highest BCUT2D eigenvalue weighted by Gasteiger charge is 2.17. The predicted molar refractivity (Wildman–Crippen MR) is 83.6 cm³/mol. The second-order valence-corrected chi connectivity index (χ2v) is 6.69. The fraction of sp³-hybridized carbons (Fsp3) is 1.00. The SMILES string of the molecule is CCC1CCCC(NCCN2CCCCCC2)CC1. The van der Waals surface area contributed by atoms with Crippen LogP contribution in [-0.4, -0.2) is 37.1 Å². The number of hydrogen-bond donors (Lipinski definition) is 1. The molecule has 1 aliphatic carbocycles. The molecule has 2 unspecified atom stereocenters. The Labute approximate surface area is 120 Å². The van der Waals surface area contributed by atoms with E-state index in [1.54, 1.807) is 0 Å². The maximum absolute atomic E-state index is 3.83. The minimum absolute atomic E-state index is 0.809. The zero-order valence-electron chi connectivity index (χ0n) is 13.0. The Balaban J connectivity index is 1.59. The largest absolute Gasteiger partial charge is 0.313 e. The number of hydrogen-bond acceptors (Lipinski definition) is 2. The molecule has 1 saturated carbocycles. The molecule has 0 spiro atoms. The van der Waals surface area contributed by atoms with Crippen molar-refractivity contribution < 1.29 is 0 Å². The lowest BCUT2D eigenvalue weighted by Crippen LogP contribution is -2.37. The Morgan fingerprint density at radius 3 is 2.42 bits per heavy atom. The highest BCUT2D eigenvalue weighted by atomic mass is 15.1. The van der Waals surface area contributed by atoms with E-state index in [1.807, 2.05) is 0 Å². The molecule has 0 amide bonds. The van der Waals surface area contributed by atoms with Gasteiger partial charge in [0.25, 0.3) is 0 Å². The summed E-state index contributed by atoms with van der Waals surface area (Å²) in [5, 5.41) is 3.83. The van der Waals surface area contributed by atoms with E-state index in [4.69, 9.17) is 0 Å². The number of nitrogens with one attached hydrogen (secondary N) is 1. The predicted octanol–water partition coefficient (Wildman–Crippen LogP) is 3.81. The lowest BCUT2D eigenvalue weighted by Gasteiger charge is -2.22. The lowest BCUT2D eigenvalue weighted by atomic mass is 9.98. The number of nitrogens with zero attached hydrogens (tertiary/aromatic N) is 1. The van der Waals surface area contributed by atoms with Gasteiger partial charge in [-0.1, -0.05) is 39.0 Å². The molecule has 0 aromatic carbocycles. The highest BCUT2D eigenvalue weighted by molar-refractivity contribution is 4.75. The van der Waals surface area contributed by atoms with E-state index < -0.39 is 0 Å². The summed E-state index contributed by atoms with van der Waals surface area (Å²) in [5.74, 6) is 1.01. The Morgan fingerprint density at radius 2 is 1.68 bits per heavy atom. The Morgan fingerprint density at radius 1 is 0.895 bits per heavy atom. The molecule has 0 aromatic rings. The molecule has 0 aromatic heterocycles. The molecule has 2 aliphatic rings. The first kappa shape index (κ1) is 15.3. The fourth-order valence-electron chi connectivity index (χ4n) is 3.78. The van der Waals surface area contributed by atoms with Gasteiger partial charge in [0.15, 0.2) is 0 Å². The maximum Gasteiger partial charge on any atom is 0.0107 e. The molecule has 2 nitrogen and oxygen atoms in total. The third-order valence-electron chi connectivity index (χ3n) is 5.23. The van der Waals surface area contributed by atoms with Gasteiger partial charge >= 0.3 is 0 Å². The van der Waals surface area contributed by atoms with E-state index in [1.165, 1.54) is 90.4 Å². The van der Waals surface area contributed by atoms with Gasteiger partial charge < -0.3 is 10.2 Å². The van der Waals surface area contributed by atoms with Crippen LogP contribution in [0.5, 0.6) is 0 Å². The van der Waals surface area contributed by atoms with Crippen molar-refractivity contribution in [1.82, 2.24) is 10.2 Å². The van der Waals surface area contributed by atoms with Crippen molar-refractivity contribution in [1.29, 1.82) is 0 Å². The second kappa shape index (κ2) is 8.97. The molecule has 1 heterocycles. The van der Waals surface area contributed by atoms with Crippen LogP contribution in [0, 0.1) is 5.92 Å². The van der Waals surface area contributed by atoms with Crippen molar-refractivity contribution >= 4 is 0 Å². The van der Waals surface area contributed by atoms with E-state index >= 15 is 0 Å². The monoisotopic (exact) mass is 266 g/mol. The van der Waals surface area contributed by atoms with Crippen molar-refractivity contribution in [3.63, 3.8) is 0 Å². The first-order valence-electron chi connectivity index (χ1n) is 8.84. The molecule has 2 rings (SSSR count). The molecule has 19 heavy (non-hydrogen) atoms. The zero-order chi connectivity index (χ0) is 13.3. The van der Waals surface area contributed by atoms with Crippen LogP contribution in [0.1, 0.15) is 71.1 Å². The highest BCUT2D eigenvalue weighted by Crippen LogP contribution is 2.25. The van der Waals surface area contributed by atoms with E-state index in [0.29, 0.717) is 0 Å². The van der Waals surface area contributed by atoms with Crippen LogP contribution in [0.3, 0.4) is 0 Å². The Hall–Kier alpha value is -0.0800. The summed E-state index contributed by atoms with van der Waals surface area (Å²) in [6, 6.07) is 0.809. The summed E-state index contributed by atoms with van der Waals surface area (Å²) in [5.41, 5.74) is 0. The van der Waals surface area contributed by atoms with Crippen molar-refractivity contribution in [2.75, 3.05) is 26.2 Å². The zero-order valence-corrected chi connectivity index (χ0v) is 13.0. The van der Waals surface area contributed by atoms with Crippen molar-refractivity contribution in [2.45, 2.75) is 77.2 Å². The summed E-state index contributed by atoms with van der Waals surface area (Å²) in [7, 11) is 0. The van der Waals surface area contributed by atoms with Crippen molar-refractivity contribution in [3.8, 4) is 0 Å². The fourth-order valence-corrected chi connectivity index (χ4v) is 3.78. The molecule has 1 aliphatic heterocycles. The molecule has 2 atom stereocenters. The second-order valence-electron chi connectivity index (χ2n) is 6.69. The van der Waals surface area contributed by atoms with E-state index in [9.17, 15) is 0 Å². The van der Waals surface area contributed by atoms with Gasteiger partial charge in [0.1, 0.15) is 0 Å². The average Bonchev–Trinajstić information content (AvgIpc) is 2.81. The molecule has 1 saturated heterocycles. The quantitative estimate of drug-likeness (QED) is 0.761. The summed E-state index contributed by atoms with van der Waals surface area (Å²) >= 11 is 0. The number of likely N-dealkylation sites (tertiary alicyclic amines) is 1. The molecule has 1 N–H and O–H groups in total. The van der Waals surface area contributed by atoms with Crippen LogP contribution >= 0.6 is 0 Å². The van der Waals surface area contributed by atoms with E-state index in [2.05, 4.69) is 17.1 Å². The van der Waals surface area contributed by atoms with Crippen LogP contribution in [0.25, 0.3) is 0 Å². The first-order valence-corrected chi connectivity index (χ1v) is 8.84. The Bertz CT molecular complexity index is 221. The van der Waals surface area contributed by atoms with E-state index in [0.717, 1.165) is 12.0 Å². The molecule has 112 valence electrons. The van der Waals surface area contributed by atoms with Crippen LogP contribution in [0.15, 0.2) is 0 Å². The molecular formula is C17H34N2. The van der Waals surface area contributed by atoms with Crippen LogP contribution in [0.4, 0.5) is 0 Å². The van der Waals surface area contributed by atoms with Crippen molar-refractivity contribution in [2.24, 2.45) is 5.92 Å². The topological polar surface area (TPSA) is 15.3 Å². The molecule has 2 heteroatoms. The van der Waals surface area contributed by atoms with Gasteiger partial charge in [-0.2, -0.15) is 0 Å². The summed E-state index contributed by atoms with van der Waals surface area (Å²) < 4.78 is 0. The third kappa shape index (κ3) is 5.83. The minimum Gasteiger partial charge on any atom is -0.313 e. The number of rotatable bonds is 5. The molecular weight excluding hydrogens is 232 g/mol. The normalized spacial score (nSPS) is 30.8. The minimum atomic E-state index is 0.809. The van der Waals surface area contributed by atoms with Gasteiger partial charge in [-0.3, -0.25) is 0 Å². The molecule has 2 fully saturated rings. The summed E-state index contributed by atoms with van der Waals surface area (Å²) in [4.78, 5) is 2.67. The molecule has 0 bridgehead atoms. The van der Waals surface area contributed by atoms with Gasteiger partial charge in [0.05, 0.1) is 0 Å². The van der Waals surface area contributed by atoms with Crippen LogP contribution in [-0.2, 0) is 0 Å². The lowest BCUT2D eigenvalue weighted by molar-refractivity contribution is 0.276. The molecule has 0 radical (unpaired) electrons. The van der Waals surface area contributed by atoms with Gasteiger partial charge in [0, 0.05) is 19.1 Å². The van der Waals surface area contributed by atoms with Crippen LogP contribution in [0.2, 0.25) is 0 Å². The average molecular weight is 266 g/mol. The summed E-state index contributed by atoms with van der Waals surface area (Å²) in [6.45, 7) is 7.52. The standard InChI is InChI=1S/C17H34N2/c1-2-16-8-7-9-17(11-10-16)18-12-15-19-13-5-3-4-6-14-19/h16-18H,2-15H2,1H3. The maximum atomic E-state index is 3.83. The smallest absolute Gasteiger partial charge is 0.0107 e. The van der Waals surface area contributed by atoms with Gasteiger partial charge in [-0.25, -0.2) is 0 Å². The Kier molecular flexibility index (Phi) is 7.23. The van der Waals surface area contributed by atoms with Gasteiger partial charge in [-0.15, -0.1) is 0 Å². The summed E-state index contributed by atoms with van der Waals surface area (Å²) in [6.07, 6.45) is 14.3. The van der Waals surface area contributed by atoms with Crippen molar-refractivity contribution in [3.05, 3.63) is 0 Å². The van der Waals surface area contributed by atoms with Crippen LogP contribution < -0.4 is 5.32 Å².